The fraction of sp³-hybridized carbons (Fsp3) is 0.200. The Morgan fingerprint density at radius 1 is 1.21 bits per heavy atom. The van der Waals surface area contributed by atoms with Gasteiger partial charge in [0.05, 0.1) is 6.61 Å². The van der Waals surface area contributed by atoms with E-state index in [2.05, 4.69) is 15.9 Å². The van der Waals surface area contributed by atoms with E-state index in [1.54, 1.807) is 30.3 Å². The Morgan fingerprint density at radius 2 is 1.95 bits per heavy atom. The van der Waals surface area contributed by atoms with Gasteiger partial charge < -0.3 is 9.84 Å². The molecule has 0 aromatic heterocycles. The summed E-state index contributed by atoms with van der Waals surface area (Å²) in [6, 6.07) is 11.7. The number of ether oxygens (including phenoxy) is 1. The predicted molar refractivity (Wildman–Crippen MR) is 75.8 cm³/mol. The monoisotopic (exact) mass is 324 g/mol. The quantitative estimate of drug-likeness (QED) is 0.918. The summed E-state index contributed by atoms with van der Waals surface area (Å²) in [6.45, 7) is 2.36. The number of halogens is 2. The van der Waals surface area contributed by atoms with E-state index in [1.165, 1.54) is 6.07 Å². The molecule has 1 unspecified atom stereocenters. The molecule has 0 aliphatic heterocycles. The van der Waals surface area contributed by atoms with Crippen molar-refractivity contribution in [2.24, 2.45) is 0 Å². The van der Waals surface area contributed by atoms with Gasteiger partial charge >= 0.3 is 0 Å². The average molecular weight is 325 g/mol. The van der Waals surface area contributed by atoms with Gasteiger partial charge in [-0.25, -0.2) is 4.39 Å². The molecule has 2 nitrogen and oxygen atoms in total. The number of rotatable bonds is 4. The normalized spacial score (nSPS) is 12.2. The number of para-hydroxylation sites is 1. The molecule has 1 N–H and O–H groups in total. The summed E-state index contributed by atoms with van der Waals surface area (Å²) >= 11 is 3.19. The molecule has 100 valence electrons. The lowest BCUT2D eigenvalue weighted by Gasteiger charge is -2.16. The summed E-state index contributed by atoms with van der Waals surface area (Å²) < 4.78 is 20.0. The lowest BCUT2D eigenvalue weighted by molar-refractivity contribution is 0.207. The third-order valence-electron chi connectivity index (χ3n) is 2.77. The smallest absolute Gasteiger partial charge is 0.130 e. The van der Waals surface area contributed by atoms with Gasteiger partial charge in [-0.15, -0.1) is 0 Å². The van der Waals surface area contributed by atoms with Crippen LogP contribution in [0.4, 0.5) is 4.39 Å². The highest BCUT2D eigenvalue weighted by Gasteiger charge is 2.18. The van der Waals surface area contributed by atoms with Crippen LogP contribution in [0.15, 0.2) is 46.9 Å². The molecule has 0 aliphatic carbocycles. The molecule has 4 heteroatoms. The second-order valence-electron chi connectivity index (χ2n) is 4.04. The van der Waals surface area contributed by atoms with E-state index in [0.717, 1.165) is 0 Å². The molecule has 0 saturated heterocycles. The minimum atomic E-state index is -1.05. The van der Waals surface area contributed by atoms with E-state index >= 15 is 0 Å². The molecule has 2 aromatic rings. The van der Waals surface area contributed by atoms with Gasteiger partial charge in [-0.05, 0) is 25.1 Å². The van der Waals surface area contributed by atoms with E-state index in [1.807, 2.05) is 13.0 Å². The minimum absolute atomic E-state index is 0.232. The second-order valence-corrected chi connectivity index (χ2v) is 4.95. The Bertz CT molecular complexity index is 572. The van der Waals surface area contributed by atoms with Crippen molar-refractivity contribution in [2.75, 3.05) is 6.61 Å². The van der Waals surface area contributed by atoms with Crippen LogP contribution < -0.4 is 4.74 Å². The maximum absolute atomic E-state index is 13.9. The fourth-order valence-corrected chi connectivity index (χ4v) is 2.22. The highest BCUT2D eigenvalue weighted by Crippen LogP contribution is 2.32. The maximum atomic E-state index is 13.9. The average Bonchev–Trinajstić information content (AvgIpc) is 2.39. The van der Waals surface area contributed by atoms with Crippen LogP contribution in [-0.4, -0.2) is 11.7 Å². The summed E-state index contributed by atoms with van der Waals surface area (Å²) in [5.74, 6) is 0.119. The van der Waals surface area contributed by atoms with Crippen molar-refractivity contribution in [3.05, 3.63) is 63.9 Å². The van der Waals surface area contributed by atoms with Gasteiger partial charge in [0, 0.05) is 15.6 Å². The Labute approximate surface area is 120 Å². The summed E-state index contributed by atoms with van der Waals surface area (Å²) in [6.07, 6.45) is -1.05. The molecule has 0 radical (unpaired) electrons. The van der Waals surface area contributed by atoms with Crippen molar-refractivity contribution in [3.63, 3.8) is 0 Å². The second kappa shape index (κ2) is 6.17. The van der Waals surface area contributed by atoms with Gasteiger partial charge in [0.25, 0.3) is 0 Å². The van der Waals surface area contributed by atoms with Crippen molar-refractivity contribution in [3.8, 4) is 5.75 Å². The SMILES string of the molecule is CCOc1ccccc1C(O)c1ccc(Br)cc1F. The van der Waals surface area contributed by atoms with Crippen LogP contribution in [0.5, 0.6) is 5.75 Å². The fourth-order valence-electron chi connectivity index (χ4n) is 1.88. The summed E-state index contributed by atoms with van der Waals surface area (Å²) in [5, 5.41) is 10.3. The first-order valence-corrected chi connectivity index (χ1v) is 6.77. The van der Waals surface area contributed by atoms with E-state index in [0.29, 0.717) is 22.4 Å². The zero-order chi connectivity index (χ0) is 13.8. The highest BCUT2D eigenvalue weighted by atomic mass is 79.9. The highest BCUT2D eigenvalue weighted by molar-refractivity contribution is 9.10. The van der Waals surface area contributed by atoms with Crippen LogP contribution >= 0.6 is 15.9 Å². The molecule has 1 atom stereocenters. The molecular formula is C15H14BrFO2. The van der Waals surface area contributed by atoms with Gasteiger partial charge in [0.2, 0.25) is 0 Å². The van der Waals surface area contributed by atoms with Crippen LogP contribution in [0.25, 0.3) is 0 Å². The van der Waals surface area contributed by atoms with Crippen LogP contribution in [0.3, 0.4) is 0 Å². The van der Waals surface area contributed by atoms with E-state index in [-0.39, 0.29) is 5.56 Å². The summed E-state index contributed by atoms with van der Waals surface area (Å²) in [4.78, 5) is 0. The Kier molecular flexibility index (Phi) is 4.56. The molecular weight excluding hydrogens is 311 g/mol. The summed E-state index contributed by atoms with van der Waals surface area (Å²) in [7, 11) is 0. The Morgan fingerprint density at radius 3 is 2.63 bits per heavy atom. The van der Waals surface area contributed by atoms with Crippen LogP contribution in [-0.2, 0) is 0 Å². The lowest BCUT2D eigenvalue weighted by Crippen LogP contribution is -2.05. The molecule has 0 bridgehead atoms. The number of hydrogen-bond donors (Lipinski definition) is 1. The van der Waals surface area contributed by atoms with Gasteiger partial charge in [-0.1, -0.05) is 40.2 Å². The molecule has 19 heavy (non-hydrogen) atoms. The van der Waals surface area contributed by atoms with Crippen LogP contribution in [0.2, 0.25) is 0 Å². The van der Waals surface area contributed by atoms with Gasteiger partial charge in [-0.3, -0.25) is 0 Å². The summed E-state index contributed by atoms with van der Waals surface area (Å²) in [5.41, 5.74) is 0.793. The standard InChI is InChI=1S/C15H14BrFO2/c1-2-19-14-6-4-3-5-12(14)15(18)11-8-7-10(16)9-13(11)17/h3-9,15,18H,2H2,1H3. The number of aliphatic hydroxyl groups is 1. The molecule has 0 heterocycles. The number of benzene rings is 2. The number of hydrogen-bond acceptors (Lipinski definition) is 2. The van der Waals surface area contributed by atoms with Crippen molar-refractivity contribution < 1.29 is 14.2 Å². The molecule has 2 aromatic carbocycles. The van der Waals surface area contributed by atoms with Crippen molar-refractivity contribution in [1.82, 2.24) is 0 Å². The van der Waals surface area contributed by atoms with Crippen LogP contribution in [0.1, 0.15) is 24.2 Å². The zero-order valence-corrected chi connectivity index (χ0v) is 12.0. The molecule has 0 spiro atoms. The number of aliphatic hydroxyl groups excluding tert-OH is 1. The van der Waals surface area contributed by atoms with E-state index in [9.17, 15) is 9.50 Å². The van der Waals surface area contributed by atoms with Gasteiger partial charge in [0.1, 0.15) is 17.7 Å². The van der Waals surface area contributed by atoms with Gasteiger partial charge in [0.15, 0.2) is 0 Å². The Balaban J connectivity index is 2.41. The van der Waals surface area contributed by atoms with Crippen molar-refractivity contribution in [2.45, 2.75) is 13.0 Å². The molecule has 0 amide bonds. The first-order chi connectivity index (χ1) is 9.13. The van der Waals surface area contributed by atoms with E-state index < -0.39 is 11.9 Å². The maximum Gasteiger partial charge on any atom is 0.130 e. The van der Waals surface area contributed by atoms with Crippen molar-refractivity contribution in [1.29, 1.82) is 0 Å². The molecule has 0 saturated carbocycles. The first kappa shape index (κ1) is 14.0. The van der Waals surface area contributed by atoms with Crippen molar-refractivity contribution >= 4 is 15.9 Å². The Hall–Kier alpha value is -1.39. The largest absolute Gasteiger partial charge is 0.493 e. The third-order valence-corrected chi connectivity index (χ3v) is 3.26. The molecule has 0 aliphatic rings. The topological polar surface area (TPSA) is 29.5 Å². The first-order valence-electron chi connectivity index (χ1n) is 5.98. The third kappa shape index (κ3) is 3.14. The minimum Gasteiger partial charge on any atom is -0.493 e. The van der Waals surface area contributed by atoms with Gasteiger partial charge in [-0.2, -0.15) is 0 Å². The molecule has 2 rings (SSSR count). The lowest BCUT2D eigenvalue weighted by atomic mass is 10.0. The predicted octanol–water partition coefficient (Wildman–Crippen LogP) is 4.07. The van der Waals surface area contributed by atoms with E-state index in [4.69, 9.17) is 4.74 Å². The van der Waals surface area contributed by atoms with Crippen LogP contribution in [0, 0.1) is 5.82 Å². The molecule has 0 fully saturated rings. The zero-order valence-electron chi connectivity index (χ0n) is 10.4.